The van der Waals surface area contributed by atoms with Gasteiger partial charge in [0.25, 0.3) is 0 Å². The first-order valence-corrected chi connectivity index (χ1v) is 45.9. The topological polar surface area (TPSA) is 182 Å². The molecule has 114 heavy (non-hydrogen) atoms. The molecule has 1 radical (unpaired) electrons. The van der Waals surface area contributed by atoms with Crippen molar-refractivity contribution in [2.45, 2.75) is 224 Å². The third-order valence-electron chi connectivity index (χ3n) is 28.9. The second-order valence-corrected chi connectivity index (χ2v) is 39.2. The number of hydrogen-bond donors (Lipinski definition) is 5. The van der Waals surface area contributed by atoms with Crippen LogP contribution in [0.5, 0.6) is 0 Å². The van der Waals surface area contributed by atoms with E-state index in [9.17, 15) is 24.6 Å². The van der Waals surface area contributed by atoms with E-state index in [0.29, 0.717) is 90.3 Å². The first-order chi connectivity index (χ1) is 54.5. The molecule has 12 aliphatic heterocycles. The van der Waals surface area contributed by atoms with E-state index in [1.165, 1.54) is 132 Å². The van der Waals surface area contributed by atoms with Gasteiger partial charge in [0.1, 0.15) is 0 Å². The largest absolute Gasteiger partial charge is 0.469 e. The summed E-state index contributed by atoms with van der Waals surface area (Å²) in [5.74, 6) is 4.03. The van der Waals surface area contributed by atoms with E-state index in [2.05, 4.69) is 198 Å². The first-order valence-electron chi connectivity index (χ1n) is 41.2. The second-order valence-electron chi connectivity index (χ2n) is 34.2. The molecule has 12 heterocycles. The Bertz CT molecular complexity index is 3850. The van der Waals surface area contributed by atoms with Gasteiger partial charge in [-0.15, -0.1) is 11.6 Å². The molecule has 12 saturated heterocycles. The van der Waals surface area contributed by atoms with Gasteiger partial charge in [0.2, 0.25) is 0 Å². The van der Waals surface area contributed by atoms with Gasteiger partial charge in [-0.2, -0.15) is 0 Å². The van der Waals surface area contributed by atoms with Crippen LogP contribution in [0, 0.1) is 86.7 Å². The number of halogens is 7. The molecular formula is C91H116AcBrCl4I2N7O8. The van der Waals surface area contributed by atoms with Crippen molar-refractivity contribution in [1.29, 1.82) is 0 Å². The normalized spacial score (nSPS) is 34.0. The second kappa shape index (κ2) is 41.8. The summed E-state index contributed by atoms with van der Waals surface area (Å²) in [6, 6.07) is 54.3. The maximum atomic E-state index is 12.4. The fourth-order valence-electron chi connectivity index (χ4n) is 22.9. The molecule has 12 bridgehead atoms. The maximum absolute atomic E-state index is 12.4. The van der Waals surface area contributed by atoms with Crippen LogP contribution in [0.15, 0.2) is 144 Å². The van der Waals surface area contributed by atoms with Crippen molar-refractivity contribution in [3.05, 3.63) is 200 Å². The zero-order valence-electron chi connectivity index (χ0n) is 66.9. The van der Waals surface area contributed by atoms with Crippen molar-refractivity contribution in [3.63, 3.8) is 0 Å². The number of anilines is 1. The molecule has 6 aromatic carbocycles. The number of nitrogen functional groups attached to an aromatic ring is 1. The molecule has 18 unspecified atom stereocenters. The van der Waals surface area contributed by atoms with Crippen LogP contribution in [0.25, 0.3) is 0 Å². The van der Waals surface area contributed by atoms with E-state index in [1.807, 2.05) is 60.7 Å². The Kier molecular flexibility index (Phi) is 33.3. The Hall–Kier alpha value is -2.25. The number of carbonyl (C=O) groups excluding carboxylic acids is 3. The average molecular weight is 2140 g/mol. The Morgan fingerprint density at radius 3 is 1.07 bits per heavy atom. The number of aliphatic hydroxyl groups excluding tert-OH is 2. The van der Waals surface area contributed by atoms with Gasteiger partial charge in [-0.3, -0.25) is 19.3 Å². The van der Waals surface area contributed by atoms with Crippen LogP contribution in [0.2, 0.25) is 15.1 Å². The van der Waals surface area contributed by atoms with Gasteiger partial charge in [0, 0.05) is 198 Å². The minimum atomic E-state index is -0.0993. The zero-order chi connectivity index (χ0) is 80.1. The fourth-order valence-corrected chi connectivity index (χ4v) is 24.8. The minimum Gasteiger partial charge on any atom is -0.469 e. The fraction of sp³-hybridized carbons (Fsp3) is 0.571. The van der Waals surface area contributed by atoms with E-state index in [-0.39, 0.29) is 116 Å². The van der Waals surface area contributed by atoms with Crippen molar-refractivity contribution in [1.82, 2.24) is 30.2 Å². The van der Waals surface area contributed by atoms with Crippen molar-refractivity contribution in [3.8, 4) is 0 Å². The maximum Gasteiger partial charge on any atom is 0.310 e. The molecule has 0 amide bonds. The molecule has 0 aromatic heterocycles. The number of benzene rings is 6. The van der Waals surface area contributed by atoms with Gasteiger partial charge >= 0.3 is 17.9 Å². The number of methoxy groups -OCH3 is 3. The van der Waals surface area contributed by atoms with Crippen LogP contribution in [0.4, 0.5) is 5.69 Å². The van der Waals surface area contributed by atoms with E-state index in [1.54, 1.807) is 0 Å². The standard InChI is InChI=1S/C16H21BrN2O2.C15H19Cl2N.C15H18ClNO2.C15H20ClNO.C15H18INO2.C15H20INO.Ac/c1-19-10-4-6-14(19)15(16(20)21-2)11(8-10)9-3-5-13(18)12(17)7-9;1-18-12-6-7-15(18)14(9-16)13(8-12)10-2-4-11(17)5-3-10;1-19-15(18)14-12(8-11-6-7-13(14)17-11)9-2-4-10(16)5-3-9;1-17-12-6-7-15(17)14(9-18)13(8-12)10-2-4-11(16)5-3-10;1-19-15(18)14-12(8-11-6-7-13(14)17-11)9-2-4-10(16)5-3-9;1-17-12-6-7-15(17)14(9-18)13(8-12)10-2-4-11(16)5-3-10;/h3,5,7,10-11,14-15H,4,6,8,18H2,1-2H3;2-5,12-15H,6-9H2,1H3;2-5,11-14,17H,6-8H2,1H3;2-5,12-15,18H,6-9H2,1H3;2-5,11-14,17H,6-8H2,1H3;2-5,12-15,18H,6-9H2,1H3;/t10?,11-,14?,15?;12?,13-,14+,15?;;12?,13-,14+,15?;11?,12-,13?,14?;;/m11.11../s1. The SMILES string of the molecule is CN1C2CCC1C(CO)C(c1ccc(I)cc1)C2.CN1C2CCC1[C@@H](CCl)[C@@H](c1ccc(Cl)cc1)C2.CN1C2CCC1[C@@H](CO)[C@@H](c1ccc(Cl)cc1)C2.COC(=O)C1C2CCC(CC1c1ccc(Cl)cc1)N2.COC(=O)C1C2CCC(C[C@@H]1c1ccc(I)cc1)N2.COC(=O)C1C2CCC(C[C@@H]1c1ccc(N)c(Br)c1)N2C.[Ac]. The monoisotopic (exact) mass is 2130 g/mol. The molecule has 6 N–H and O–H groups in total. The van der Waals surface area contributed by atoms with Crippen LogP contribution in [0.3, 0.4) is 0 Å². The van der Waals surface area contributed by atoms with Crippen molar-refractivity contribution < 1.29 is 82.9 Å². The van der Waals surface area contributed by atoms with Gasteiger partial charge in [-0.05, 0) is 335 Å². The Labute approximate surface area is 768 Å². The number of fused-ring (bicyclic) bond motifs is 12. The molecule has 12 fully saturated rings. The van der Waals surface area contributed by atoms with Gasteiger partial charge in [0.05, 0.1) is 39.1 Å². The summed E-state index contributed by atoms with van der Waals surface area (Å²) < 4.78 is 18.6. The minimum absolute atomic E-state index is 0. The molecule has 0 spiro atoms. The molecule has 23 heteroatoms. The third kappa shape index (κ3) is 20.6. The number of esters is 3. The zero-order valence-corrected chi connectivity index (χ0v) is 80.6. The number of ether oxygens (including phenoxy) is 3. The molecule has 12 aliphatic rings. The summed E-state index contributed by atoms with van der Waals surface area (Å²) in [5.41, 5.74) is 14.4. The molecule has 15 nitrogen and oxygen atoms in total. The Morgan fingerprint density at radius 1 is 0.421 bits per heavy atom. The average Bonchev–Trinajstić information content (AvgIpc) is 1.52. The molecular weight excluding hydrogens is 2020 g/mol. The van der Waals surface area contributed by atoms with Crippen molar-refractivity contribution in [2.75, 3.05) is 74.3 Å². The number of rotatable bonds is 12. The van der Waals surface area contributed by atoms with Crippen LogP contribution in [-0.4, -0.2) is 189 Å². The van der Waals surface area contributed by atoms with Gasteiger partial charge < -0.3 is 55.5 Å². The molecule has 24 atom stereocenters. The number of piperidine rings is 6. The molecule has 615 valence electrons. The summed E-state index contributed by atoms with van der Waals surface area (Å²) in [6.07, 6.45) is 21.1. The predicted molar refractivity (Wildman–Crippen MR) is 475 cm³/mol. The van der Waals surface area contributed by atoms with Gasteiger partial charge in [0.15, 0.2) is 0 Å². The molecule has 0 saturated carbocycles. The summed E-state index contributed by atoms with van der Waals surface area (Å²) in [5, 5.41) is 29.0. The third-order valence-corrected chi connectivity index (χ3v) is 32.1. The summed E-state index contributed by atoms with van der Waals surface area (Å²) in [7, 11) is 13.3. The van der Waals surface area contributed by atoms with E-state index in [0.717, 1.165) is 88.1 Å². The summed E-state index contributed by atoms with van der Waals surface area (Å²) in [6.45, 7) is 0.605. The number of alkyl halides is 1. The van der Waals surface area contributed by atoms with Gasteiger partial charge in [-0.1, -0.05) is 102 Å². The molecule has 6 aromatic rings. The van der Waals surface area contributed by atoms with Gasteiger partial charge in [-0.25, -0.2) is 0 Å². The Morgan fingerprint density at radius 2 is 0.719 bits per heavy atom. The number of aliphatic hydroxyl groups is 2. The van der Waals surface area contributed by atoms with E-state index < -0.39 is 0 Å². The van der Waals surface area contributed by atoms with Crippen molar-refractivity contribution >= 4 is 131 Å². The smallest absolute Gasteiger partial charge is 0.310 e. The Balaban J connectivity index is 0.000000126. The number of nitrogens with zero attached hydrogens (tertiary/aromatic N) is 4. The number of nitrogens with one attached hydrogen (secondary N) is 2. The van der Waals surface area contributed by atoms with Crippen LogP contribution in [-0.2, 0) is 28.6 Å². The first kappa shape index (κ1) is 91.0. The van der Waals surface area contributed by atoms with Crippen LogP contribution in [0.1, 0.15) is 184 Å². The molecule has 0 aliphatic carbocycles. The van der Waals surface area contributed by atoms with E-state index >= 15 is 0 Å². The summed E-state index contributed by atoms with van der Waals surface area (Å²) in [4.78, 5) is 46.5. The quantitative estimate of drug-likeness (QED) is 0.0256. The number of carbonyl (C=O) groups is 3. The van der Waals surface area contributed by atoms with E-state index in [4.69, 9.17) is 66.3 Å². The molecule has 18 rings (SSSR count). The van der Waals surface area contributed by atoms with Crippen LogP contribution < -0.4 is 16.4 Å². The van der Waals surface area contributed by atoms with Crippen molar-refractivity contribution in [2.24, 2.45) is 35.5 Å². The number of hydrogen-bond acceptors (Lipinski definition) is 15. The summed E-state index contributed by atoms with van der Waals surface area (Å²) >= 11 is 32.3. The predicted octanol–water partition coefficient (Wildman–Crippen LogP) is 18.1. The van der Waals surface area contributed by atoms with Crippen LogP contribution >= 0.6 is 108 Å². The number of nitrogens with two attached hydrogens (primary N) is 1.